The second-order valence-corrected chi connectivity index (χ2v) is 12.4. The van der Waals surface area contributed by atoms with Gasteiger partial charge in [-0.25, -0.2) is 9.97 Å². The predicted molar refractivity (Wildman–Crippen MR) is 202 cm³/mol. The van der Waals surface area contributed by atoms with Crippen LogP contribution in [0.3, 0.4) is 0 Å². The second-order valence-electron chi connectivity index (χ2n) is 12.4. The van der Waals surface area contributed by atoms with Crippen molar-refractivity contribution in [2.45, 2.75) is 0 Å². The Bertz CT molecular complexity index is 2870. The van der Waals surface area contributed by atoms with Crippen molar-refractivity contribution in [1.82, 2.24) is 15.0 Å². The quantitative estimate of drug-likeness (QED) is 0.187. The van der Waals surface area contributed by atoms with E-state index in [0.717, 1.165) is 94.2 Å². The third-order valence-corrected chi connectivity index (χ3v) is 9.43. The zero-order valence-electron chi connectivity index (χ0n) is 26.7. The van der Waals surface area contributed by atoms with Crippen LogP contribution in [0.15, 0.2) is 173 Å². The van der Waals surface area contributed by atoms with Crippen molar-refractivity contribution >= 4 is 43.9 Å². The fourth-order valence-corrected chi connectivity index (χ4v) is 7.17. The van der Waals surface area contributed by atoms with E-state index in [2.05, 4.69) is 89.9 Å². The number of benzene rings is 6. The van der Waals surface area contributed by atoms with Crippen LogP contribution in [0, 0.1) is 0 Å². The Labute approximate surface area is 287 Å². The van der Waals surface area contributed by atoms with Gasteiger partial charge in [-0.3, -0.25) is 4.98 Å². The molecule has 0 aliphatic rings. The molecule has 10 rings (SSSR count). The summed E-state index contributed by atoms with van der Waals surface area (Å²) in [6.45, 7) is 0. The van der Waals surface area contributed by atoms with Crippen LogP contribution in [0.2, 0.25) is 0 Å². The van der Waals surface area contributed by atoms with Gasteiger partial charge in [0.15, 0.2) is 5.82 Å². The van der Waals surface area contributed by atoms with Gasteiger partial charge in [-0.2, -0.15) is 0 Å². The van der Waals surface area contributed by atoms with Gasteiger partial charge in [0.05, 0.1) is 17.0 Å². The lowest BCUT2D eigenvalue weighted by Gasteiger charge is -2.14. The van der Waals surface area contributed by atoms with E-state index in [-0.39, 0.29) is 0 Å². The molecule has 4 aromatic heterocycles. The fourth-order valence-electron chi connectivity index (χ4n) is 7.17. The average molecular weight is 642 g/mol. The Morgan fingerprint density at radius 2 is 1.02 bits per heavy atom. The van der Waals surface area contributed by atoms with Gasteiger partial charge in [0.2, 0.25) is 0 Å². The Kier molecular flexibility index (Phi) is 6.42. The minimum absolute atomic E-state index is 0.588. The van der Waals surface area contributed by atoms with E-state index in [1.165, 1.54) is 0 Å². The van der Waals surface area contributed by atoms with Crippen molar-refractivity contribution in [2.24, 2.45) is 0 Å². The number of furan rings is 2. The summed E-state index contributed by atoms with van der Waals surface area (Å²) in [5, 5.41) is 4.21. The van der Waals surface area contributed by atoms with Crippen molar-refractivity contribution in [2.75, 3.05) is 0 Å². The Morgan fingerprint density at radius 1 is 0.400 bits per heavy atom. The molecular formula is C45H27N3O2. The molecule has 0 spiro atoms. The molecule has 4 heterocycles. The largest absolute Gasteiger partial charge is 0.456 e. The number of para-hydroxylation sites is 2. The number of pyridine rings is 1. The molecule has 5 nitrogen and oxygen atoms in total. The molecule has 5 heteroatoms. The smallest absolute Gasteiger partial charge is 0.164 e. The van der Waals surface area contributed by atoms with E-state index in [1.54, 1.807) is 6.20 Å². The molecule has 0 saturated carbocycles. The topological polar surface area (TPSA) is 65.0 Å². The summed E-state index contributed by atoms with van der Waals surface area (Å²) in [5.41, 5.74) is 12.0. The van der Waals surface area contributed by atoms with E-state index in [4.69, 9.17) is 18.8 Å². The number of hydrogen-bond acceptors (Lipinski definition) is 5. The Morgan fingerprint density at radius 3 is 1.84 bits per heavy atom. The maximum Gasteiger partial charge on any atom is 0.164 e. The highest BCUT2D eigenvalue weighted by atomic mass is 16.3. The van der Waals surface area contributed by atoms with Crippen LogP contribution in [0.5, 0.6) is 0 Å². The number of fused-ring (bicyclic) bond motifs is 6. The van der Waals surface area contributed by atoms with Crippen molar-refractivity contribution in [3.05, 3.63) is 164 Å². The highest BCUT2D eigenvalue weighted by molar-refractivity contribution is 6.21. The van der Waals surface area contributed by atoms with Crippen molar-refractivity contribution in [3.63, 3.8) is 0 Å². The minimum Gasteiger partial charge on any atom is -0.456 e. The summed E-state index contributed by atoms with van der Waals surface area (Å²) in [6.07, 6.45) is 3.68. The summed E-state index contributed by atoms with van der Waals surface area (Å²) >= 11 is 0. The molecule has 0 N–H and O–H groups in total. The van der Waals surface area contributed by atoms with Gasteiger partial charge in [-0.05, 0) is 53.1 Å². The van der Waals surface area contributed by atoms with Gasteiger partial charge in [-0.15, -0.1) is 0 Å². The first-order valence-electron chi connectivity index (χ1n) is 16.6. The predicted octanol–water partition coefficient (Wildman–Crippen LogP) is 12.0. The molecule has 234 valence electrons. The zero-order valence-corrected chi connectivity index (χ0v) is 26.7. The van der Waals surface area contributed by atoms with Crippen molar-refractivity contribution in [1.29, 1.82) is 0 Å². The molecule has 6 aromatic carbocycles. The number of aromatic nitrogens is 3. The van der Waals surface area contributed by atoms with Crippen LogP contribution in [-0.2, 0) is 0 Å². The van der Waals surface area contributed by atoms with Crippen LogP contribution in [0.25, 0.3) is 100 Å². The number of hydrogen-bond donors (Lipinski definition) is 0. The maximum absolute atomic E-state index is 6.75. The molecule has 10 aromatic rings. The van der Waals surface area contributed by atoms with Crippen LogP contribution in [-0.4, -0.2) is 15.0 Å². The molecule has 0 bridgehead atoms. The normalized spacial score (nSPS) is 11.6. The highest BCUT2D eigenvalue weighted by Crippen LogP contribution is 2.45. The summed E-state index contributed by atoms with van der Waals surface area (Å²) in [7, 11) is 0. The molecule has 0 amide bonds. The molecule has 0 atom stereocenters. The lowest BCUT2D eigenvalue weighted by Crippen LogP contribution is -1.97. The third kappa shape index (κ3) is 4.52. The van der Waals surface area contributed by atoms with Crippen LogP contribution >= 0.6 is 0 Å². The summed E-state index contributed by atoms with van der Waals surface area (Å²) in [5.74, 6) is 0.588. The lowest BCUT2D eigenvalue weighted by molar-refractivity contribution is 0.668. The first-order chi connectivity index (χ1) is 24.8. The molecule has 50 heavy (non-hydrogen) atoms. The number of rotatable bonds is 5. The van der Waals surface area contributed by atoms with Crippen LogP contribution in [0.1, 0.15) is 0 Å². The molecule has 0 unspecified atom stereocenters. The van der Waals surface area contributed by atoms with Crippen molar-refractivity contribution in [3.8, 4) is 56.2 Å². The highest BCUT2D eigenvalue weighted by Gasteiger charge is 2.22. The van der Waals surface area contributed by atoms with Gasteiger partial charge < -0.3 is 8.83 Å². The summed E-state index contributed by atoms with van der Waals surface area (Å²) in [4.78, 5) is 14.9. The first kappa shape index (κ1) is 28.2. The van der Waals surface area contributed by atoms with Gasteiger partial charge in [-0.1, -0.05) is 115 Å². The SMILES string of the molecule is c1ccc(-c2cc(-c3ccccc3-c3cccnc3)nc(-c3ccc(-c4cccc5oc6ccccc6c45)c4c3oc3ccccc34)n2)cc1. The van der Waals surface area contributed by atoms with E-state index in [1.807, 2.05) is 72.9 Å². The average Bonchev–Trinajstić information content (AvgIpc) is 3.77. The standard InChI is InChI=1S/C45H27N3O2/c1-2-12-28(13-3-1)37-26-38(31-16-5-4-15-30(31)29-14-11-25-46-27-29)48-45(47-37)36-24-23-33(43-35-18-7-9-21-40(35)50-44(36)43)32-19-10-22-41-42(32)34-17-6-8-20-39(34)49-41/h1-27H. The maximum atomic E-state index is 6.75. The zero-order chi connectivity index (χ0) is 33.0. The van der Waals surface area contributed by atoms with Gasteiger partial charge >= 0.3 is 0 Å². The van der Waals surface area contributed by atoms with E-state index < -0.39 is 0 Å². The van der Waals surface area contributed by atoms with Gasteiger partial charge in [0.1, 0.15) is 22.3 Å². The monoisotopic (exact) mass is 641 g/mol. The van der Waals surface area contributed by atoms with Crippen LogP contribution in [0.4, 0.5) is 0 Å². The van der Waals surface area contributed by atoms with E-state index in [0.29, 0.717) is 5.82 Å². The second kappa shape index (κ2) is 11.4. The molecule has 0 radical (unpaired) electrons. The van der Waals surface area contributed by atoms with Gasteiger partial charge in [0, 0.05) is 50.6 Å². The van der Waals surface area contributed by atoms with Crippen LogP contribution < -0.4 is 0 Å². The molecule has 0 fully saturated rings. The van der Waals surface area contributed by atoms with Crippen molar-refractivity contribution < 1.29 is 8.83 Å². The molecule has 0 aliphatic heterocycles. The minimum atomic E-state index is 0.588. The van der Waals surface area contributed by atoms with Gasteiger partial charge in [0.25, 0.3) is 0 Å². The fraction of sp³-hybridized carbons (Fsp3) is 0. The molecule has 0 saturated heterocycles. The first-order valence-corrected chi connectivity index (χ1v) is 16.6. The third-order valence-electron chi connectivity index (χ3n) is 9.43. The van der Waals surface area contributed by atoms with E-state index >= 15 is 0 Å². The molecular weight excluding hydrogens is 615 g/mol. The summed E-state index contributed by atoms with van der Waals surface area (Å²) in [6, 6.07) is 51.6. The Hall–Kier alpha value is -6.85. The van der Waals surface area contributed by atoms with E-state index in [9.17, 15) is 0 Å². The summed E-state index contributed by atoms with van der Waals surface area (Å²) < 4.78 is 13.0. The Balaban J connectivity index is 1.26. The number of nitrogens with zero attached hydrogens (tertiary/aromatic N) is 3. The molecule has 0 aliphatic carbocycles. The lowest BCUT2D eigenvalue weighted by atomic mass is 9.93.